The Morgan fingerprint density at radius 2 is 0.931 bits per heavy atom. The highest BCUT2D eigenvalue weighted by atomic mass is 16.7. The fourth-order valence-electron chi connectivity index (χ4n) is 1.92. The molecule has 17 nitrogen and oxygen atoms in total. The molecule has 0 aliphatic heterocycles. The average Bonchev–Trinajstić information content (AvgIpc) is 2.60. The van der Waals surface area contributed by atoms with Crippen molar-refractivity contribution in [3.63, 3.8) is 0 Å². The smallest absolute Gasteiger partial charge is 0.426 e. The number of phenols is 2. The first-order valence-electron chi connectivity index (χ1n) is 6.80. The van der Waals surface area contributed by atoms with Crippen molar-refractivity contribution in [2.45, 2.75) is 0 Å². The van der Waals surface area contributed by atoms with Crippen LogP contribution in [0.15, 0.2) is 30.3 Å². The molecule has 152 valence electrons. The number of nitrogens with zero attached hydrogens (tertiary/aromatic N) is 5. The summed E-state index contributed by atoms with van der Waals surface area (Å²) in [5.41, 5.74) is -5.28. The van der Waals surface area contributed by atoms with Crippen molar-refractivity contribution < 1.29 is 34.8 Å². The summed E-state index contributed by atoms with van der Waals surface area (Å²) in [6.07, 6.45) is 0. The second-order valence-electron chi connectivity index (χ2n) is 4.73. The lowest BCUT2D eigenvalue weighted by molar-refractivity contribution is -0.441. The molecule has 0 amide bonds. The van der Waals surface area contributed by atoms with Crippen LogP contribution in [0.5, 0.6) is 11.5 Å². The standard InChI is InChI=1S/C6H3N3O7.C6H4N2O5/c10-4-2-1-3(7(11)12)5(8(13)14)6(4)9(15)16;9-5-3-1-2-4(7(10)11)6(5)8(12)13/h1-2,10H;1-3,9H. The molecular weight excluding hydrogens is 406 g/mol. The topological polar surface area (TPSA) is 256 Å². The van der Waals surface area contributed by atoms with Crippen LogP contribution < -0.4 is 0 Å². The van der Waals surface area contributed by atoms with Gasteiger partial charge >= 0.3 is 28.4 Å². The fraction of sp³-hybridized carbons (Fsp3) is 0. The molecule has 2 N–H and O–H groups in total. The summed E-state index contributed by atoms with van der Waals surface area (Å²) in [5.74, 6) is -1.71. The van der Waals surface area contributed by atoms with Crippen molar-refractivity contribution in [3.05, 3.63) is 80.9 Å². The Hall–Kier alpha value is -4.96. The Balaban J connectivity index is 0.000000296. The Morgan fingerprint density at radius 1 is 0.517 bits per heavy atom. The number of nitro groups is 5. The molecule has 2 rings (SSSR count). The highest BCUT2D eigenvalue weighted by Gasteiger charge is 2.38. The molecule has 0 bridgehead atoms. The van der Waals surface area contributed by atoms with Gasteiger partial charge in [-0.15, -0.1) is 0 Å². The molecule has 0 radical (unpaired) electrons. The Kier molecular flexibility index (Phi) is 6.56. The fourth-order valence-corrected chi connectivity index (χ4v) is 1.92. The van der Waals surface area contributed by atoms with E-state index in [-0.39, 0.29) is 0 Å². The highest BCUT2D eigenvalue weighted by molar-refractivity contribution is 5.71. The highest BCUT2D eigenvalue weighted by Crippen LogP contribution is 2.42. The molecule has 0 aliphatic rings. The van der Waals surface area contributed by atoms with E-state index in [4.69, 9.17) is 10.2 Å². The lowest BCUT2D eigenvalue weighted by atomic mass is 10.2. The molecule has 0 fully saturated rings. The first-order chi connectivity index (χ1) is 13.4. The summed E-state index contributed by atoms with van der Waals surface area (Å²) in [7, 11) is 0. The molecular formula is C12H7N5O12. The molecule has 0 unspecified atom stereocenters. The van der Waals surface area contributed by atoms with Gasteiger partial charge in [0.05, 0.1) is 24.6 Å². The van der Waals surface area contributed by atoms with Gasteiger partial charge in [-0.05, 0) is 12.1 Å². The van der Waals surface area contributed by atoms with Gasteiger partial charge in [0, 0.05) is 12.1 Å². The number of aromatic hydroxyl groups is 2. The zero-order chi connectivity index (χ0) is 22.5. The van der Waals surface area contributed by atoms with Crippen LogP contribution >= 0.6 is 0 Å². The zero-order valence-electron chi connectivity index (χ0n) is 13.6. The molecule has 2 aromatic rings. The van der Waals surface area contributed by atoms with Crippen molar-refractivity contribution in [1.29, 1.82) is 0 Å². The predicted octanol–water partition coefficient (Wildman–Crippen LogP) is 2.33. The number of phenolic OH excluding ortho intramolecular Hbond substituents is 2. The van der Waals surface area contributed by atoms with E-state index in [1.807, 2.05) is 0 Å². The molecule has 0 spiro atoms. The van der Waals surface area contributed by atoms with E-state index in [0.29, 0.717) is 12.1 Å². The van der Waals surface area contributed by atoms with Gasteiger partial charge < -0.3 is 10.2 Å². The molecule has 0 saturated carbocycles. The zero-order valence-corrected chi connectivity index (χ0v) is 13.6. The molecule has 0 atom stereocenters. The molecule has 0 heterocycles. The third-order valence-corrected chi connectivity index (χ3v) is 3.04. The van der Waals surface area contributed by atoms with Crippen molar-refractivity contribution in [2.24, 2.45) is 0 Å². The Bertz CT molecular complexity index is 1040. The van der Waals surface area contributed by atoms with Crippen LogP contribution in [0.2, 0.25) is 0 Å². The number of hydrogen-bond acceptors (Lipinski definition) is 12. The van der Waals surface area contributed by atoms with Crippen LogP contribution in [-0.4, -0.2) is 34.8 Å². The molecule has 17 heteroatoms. The summed E-state index contributed by atoms with van der Waals surface area (Å²) < 4.78 is 0. The largest absolute Gasteiger partial charge is 0.502 e. The maximum atomic E-state index is 10.5. The van der Waals surface area contributed by atoms with Gasteiger partial charge in [0.2, 0.25) is 11.5 Å². The van der Waals surface area contributed by atoms with Gasteiger partial charge in [-0.25, -0.2) is 0 Å². The van der Waals surface area contributed by atoms with Crippen LogP contribution in [0.1, 0.15) is 0 Å². The third-order valence-electron chi connectivity index (χ3n) is 3.04. The number of hydrogen-bond donors (Lipinski definition) is 2. The number of nitro benzene ring substituents is 5. The Labute approximate surface area is 156 Å². The van der Waals surface area contributed by atoms with Crippen LogP contribution in [0.4, 0.5) is 28.4 Å². The van der Waals surface area contributed by atoms with E-state index in [0.717, 1.165) is 12.1 Å². The third kappa shape index (κ3) is 4.81. The monoisotopic (exact) mass is 413 g/mol. The molecule has 0 aliphatic carbocycles. The van der Waals surface area contributed by atoms with E-state index < -0.39 is 64.6 Å². The maximum absolute atomic E-state index is 10.5. The van der Waals surface area contributed by atoms with Crippen molar-refractivity contribution in [2.75, 3.05) is 0 Å². The number of benzene rings is 2. The summed E-state index contributed by atoms with van der Waals surface area (Å²) in [6.45, 7) is 0. The van der Waals surface area contributed by atoms with Gasteiger partial charge in [0.1, 0.15) is 0 Å². The van der Waals surface area contributed by atoms with E-state index in [9.17, 15) is 50.6 Å². The first kappa shape index (κ1) is 22.1. The van der Waals surface area contributed by atoms with Crippen molar-refractivity contribution in [1.82, 2.24) is 0 Å². The Morgan fingerprint density at radius 3 is 1.31 bits per heavy atom. The second kappa shape index (κ2) is 8.62. The van der Waals surface area contributed by atoms with Gasteiger partial charge in [-0.3, -0.25) is 50.6 Å². The number of rotatable bonds is 5. The van der Waals surface area contributed by atoms with Gasteiger partial charge in [0.25, 0.3) is 0 Å². The van der Waals surface area contributed by atoms with E-state index in [1.54, 1.807) is 0 Å². The van der Waals surface area contributed by atoms with E-state index >= 15 is 0 Å². The number of para-hydroxylation sites is 1. The van der Waals surface area contributed by atoms with Gasteiger partial charge in [-0.1, -0.05) is 6.07 Å². The summed E-state index contributed by atoms with van der Waals surface area (Å²) in [6, 6.07) is 4.42. The SMILES string of the molecule is O=[N+]([O-])c1ccc(O)c([N+](=O)[O-])c1[N+](=O)[O-].O=[N+]([O-])c1cccc(O)c1[N+](=O)[O-]. The first-order valence-corrected chi connectivity index (χ1v) is 6.80. The van der Waals surface area contributed by atoms with Crippen LogP contribution in [0.25, 0.3) is 0 Å². The second-order valence-corrected chi connectivity index (χ2v) is 4.73. The lowest BCUT2D eigenvalue weighted by Crippen LogP contribution is -2.01. The minimum atomic E-state index is -1.34. The molecule has 0 aromatic heterocycles. The maximum Gasteiger partial charge on any atom is 0.426 e. The summed E-state index contributed by atoms with van der Waals surface area (Å²) in [5, 5.41) is 69.9. The molecule has 0 saturated heterocycles. The lowest BCUT2D eigenvalue weighted by Gasteiger charge is -1.98. The van der Waals surface area contributed by atoms with Crippen LogP contribution in [0.3, 0.4) is 0 Å². The van der Waals surface area contributed by atoms with Crippen LogP contribution in [-0.2, 0) is 0 Å². The summed E-state index contributed by atoms with van der Waals surface area (Å²) in [4.78, 5) is 46.3. The van der Waals surface area contributed by atoms with Crippen molar-refractivity contribution >= 4 is 28.4 Å². The van der Waals surface area contributed by atoms with E-state index in [2.05, 4.69) is 0 Å². The quantitative estimate of drug-likeness (QED) is 0.528. The molecule has 29 heavy (non-hydrogen) atoms. The van der Waals surface area contributed by atoms with Gasteiger partial charge in [0.15, 0.2) is 0 Å². The predicted molar refractivity (Wildman–Crippen MR) is 89.5 cm³/mol. The average molecular weight is 413 g/mol. The minimum Gasteiger partial charge on any atom is -0.502 e. The normalized spacial score (nSPS) is 9.66. The van der Waals surface area contributed by atoms with E-state index in [1.165, 1.54) is 6.07 Å². The van der Waals surface area contributed by atoms with Crippen LogP contribution in [0, 0.1) is 50.6 Å². The molecule has 2 aromatic carbocycles. The minimum absolute atomic E-state index is 0.625. The summed E-state index contributed by atoms with van der Waals surface area (Å²) >= 11 is 0. The van der Waals surface area contributed by atoms with Gasteiger partial charge in [-0.2, -0.15) is 0 Å². The van der Waals surface area contributed by atoms with Crippen molar-refractivity contribution in [3.8, 4) is 11.5 Å².